The number of nitrogens with zero attached hydrogens (tertiary/aromatic N) is 1. The molecule has 0 saturated carbocycles. The highest BCUT2D eigenvalue weighted by Gasteiger charge is 2.24. The van der Waals surface area contributed by atoms with Gasteiger partial charge in [0, 0.05) is 18.0 Å². The van der Waals surface area contributed by atoms with Gasteiger partial charge in [0.15, 0.2) is 0 Å². The van der Waals surface area contributed by atoms with Gasteiger partial charge in [-0.15, -0.1) is 11.3 Å². The minimum atomic E-state index is -0.311. The van der Waals surface area contributed by atoms with Crippen LogP contribution in [0.1, 0.15) is 33.3 Å². The number of aryl methyl sites for hydroxylation is 2. The fourth-order valence-electron chi connectivity index (χ4n) is 3.69. The second-order valence-electron chi connectivity index (χ2n) is 7.34. The van der Waals surface area contributed by atoms with E-state index in [1.165, 1.54) is 40.2 Å². The molecule has 0 unspecified atom stereocenters. The Bertz CT molecular complexity index is 1080. The van der Waals surface area contributed by atoms with Gasteiger partial charge < -0.3 is 10.2 Å². The standard InChI is InChI=1S/C24H23FN2O2S/c1-2-27(15-22(28)26-14-16-7-11-19(25)12-8-16)24(29)21-13-18-10-9-17-5-3-4-6-20(17)23(18)30-21/h3-8,11-13H,2,9-10,14-15H2,1H3,(H,26,28). The van der Waals surface area contributed by atoms with E-state index in [0.717, 1.165) is 23.3 Å². The molecule has 1 heterocycles. The molecule has 1 aromatic heterocycles. The van der Waals surface area contributed by atoms with Gasteiger partial charge in [-0.05, 0) is 60.2 Å². The molecule has 0 fully saturated rings. The number of fused-ring (bicyclic) bond motifs is 3. The summed E-state index contributed by atoms with van der Waals surface area (Å²) < 4.78 is 13.0. The van der Waals surface area contributed by atoms with Crippen LogP contribution in [0.4, 0.5) is 4.39 Å². The van der Waals surface area contributed by atoms with Crippen molar-refractivity contribution < 1.29 is 14.0 Å². The zero-order valence-corrected chi connectivity index (χ0v) is 17.6. The van der Waals surface area contributed by atoms with Crippen molar-refractivity contribution in [2.75, 3.05) is 13.1 Å². The Morgan fingerprint density at radius 3 is 2.57 bits per heavy atom. The number of benzene rings is 2. The van der Waals surface area contributed by atoms with Gasteiger partial charge in [0.2, 0.25) is 5.91 Å². The molecule has 2 amide bonds. The van der Waals surface area contributed by atoms with Gasteiger partial charge in [-0.1, -0.05) is 36.4 Å². The van der Waals surface area contributed by atoms with Crippen LogP contribution in [0.3, 0.4) is 0 Å². The molecule has 0 atom stereocenters. The number of nitrogens with one attached hydrogen (secondary N) is 1. The number of likely N-dealkylation sites (N-methyl/N-ethyl adjacent to an activating group) is 1. The van der Waals surface area contributed by atoms with Gasteiger partial charge >= 0.3 is 0 Å². The lowest BCUT2D eigenvalue weighted by atomic mass is 9.91. The van der Waals surface area contributed by atoms with E-state index in [1.54, 1.807) is 17.0 Å². The van der Waals surface area contributed by atoms with Crippen molar-refractivity contribution >= 4 is 23.2 Å². The molecule has 4 rings (SSSR count). The first kappa shape index (κ1) is 20.3. The summed E-state index contributed by atoms with van der Waals surface area (Å²) >= 11 is 1.51. The molecule has 6 heteroatoms. The molecule has 30 heavy (non-hydrogen) atoms. The predicted molar refractivity (Wildman–Crippen MR) is 117 cm³/mol. The van der Waals surface area contributed by atoms with Crippen LogP contribution in [0.15, 0.2) is 54.6 Å². The van der Waals surface area contributed by atoms with Crippen molar-refractivity contribution in [2.24, 2.45) is 0 Å². The Morgan fingerprint density at radius 2 is 1.80 bits per heavy atom. The second-order valence-corrected chi connectivity index (χ2v) is 8.40. The molecule has 3 aromatic rings. The van der Waals surface area contributed by atoms with E-state index in [1.807, 2.05) is 25.1 Å². The molecular formula is C24H23FN2O2S. The quantitative estimate of drug-likeness (QED) is 0.639. The first-order valence-corrected chi connectivity index (χ1v) is 10.9. The molecular weight excluding hydrogens is 399 g/mol. The van der Waals surface area contributed by atoms with Crippen molar-refractivity contribution in [1.29, 1.82) is 0 Å². The zero-order chi connectivity index (χ0) is 21.1. The normalized spacial score (nSPS) is 12.1. The predicted octanol–water partition coefficient (Wildman–Crippen LogP) is 4.43. The third-order valence-electron chi connectivity index (χ3n) is 5.35. The van der Waals surface area contributed by atoms with Crippen molar-refractivity contribution in [3.63, 3.8) is 0 Å². The molecule has 0 spiro atoms. The third kappa shape index (κ3) is 4.28. The van der Waals surface area contributed by atoms with E-state index in [4.69, 9.17) is 0 Å². The molecule has 0 radical (unpaired) electrons. The van der Waals surface area contributed by atoms with Crippen molar-refractivity contribution in [3.8, 4) is 10.4 Å². The van der Waals surface area contributed by atoms with Crippen molar-refractivity contribution in [1.82, 2.24) is 10.2 Å². The zero-order valence-electron chi connectivity index (χ0n) is 16.8. The summed E-state index contributed by atoms with van der Waals surface area (Å²) in [5, 5.41) is 2.80. The van der Waals surface area contributed by atoms with Crippen LogP contribution in [0, 0.1) is 5.82 Å². The molecule has 154 valence electrons. The van der Waals surface area contributed by atoms with Crippen LogP contribution in [0.2, 0.25) is 0 Å². The number of hydrogen-bond donors (Lipinski definition) is 1. The summed E-state index contributed by atoms with van der Waals surface area (Å²) in [6.45, 7) is 2.61. The van der Waals surface area contributed by atoms with Gasteiger partial charge in [0.05, 0.1) is 11.4 Å². The van der Waals surface area contributed by atoms with Gasteiger partial charge in [-0.25, -0.2) is 4.39 Å². The van der Waals surface area contributed by atoms with Crippen molar-refractivity contribution in [2.45, 2.75) is 26.3 Å². The number of thiophene rings is 1. The second kappa shape index (κ2) is 8.79. The number of amides is 2. The SMILES string of the molecule is CCN(CC(=O)NCc1ccc(F)cc1)C(=O)c1cc2c(s1)-c1ccccc1CC2. The number of carbonyl (C=O) groups excluding carboxylic acids is 2. The molecule has 1 aliphatic rings. The molecule has 1 N–H and O–H groups in total. The Hall–Kier alpha value is -2.99. The molecule has 1 aliphatic carbocycles. The number of hydrogen-bond acceptors (Lipinski definition) is 3. The number of halogens is 1. The smallest absolute Gasteiger partial charge is 0.264 e. The monoisotopic (exact) mass is 422 g/mol. The molecule has 0 saturated heterocycles. The lowest BCUT2D eigenvalue weighted by Crippen LogP contribution is -2.40. The average molecular weight is 423 g/mol. The summed E-state index contributed by atoms with van der Waals surface area (Å²) in [7, 11) is 0. The van der Waals surface area contributed by atoms with Crippen LogP contribution in [0.25, 0.3) is 10.4 Å². The maximum absolute atomic E-state index is 13.1. The maximum Gasteiger partial charge on any atom is 0.264 e. The average Bonchev–Trinajstić information content (AvgIpc) is 3.21. The Balaban J connectivity index is 1.43. The highest BCUT2D eigenvalue weighted by Crippen LogP contribution is 2.39. The lowest BCUT2D eigenvalue weighted by molar-refractivity contribution is -0.121. The Morgan fingerprint density at radius 1 is 1.07 bits per heavy atom. The van der Waals surface area contributed by atoms with E-state index >= 15 is 0 Å². The van der Waals surface area contributed by atoms with Crippen molar-refractivity contribution in [3.05, 3.63) is 82.0 Å². The maximum atomic E-state index is 13.1. The molecule has 2 aromatic carbocycles. The Labute approximate surface area is 179 Å². The summed E-state index contributed by atoms with van der Waals surface area (Å²) in [6, 6.07) is 16.3. The van der Waals surface area contributed by atoms with Crippen LogP contribution < -0.4 is 5.32 Å². The highest BCUT2D eigenvalue weighted by atomic mass is 32.1. The largest absolute Gasteiger partial charge is 0.350 e. The van der Waals surface area contributed by atoms with E-state index in [2.05, 4.69) is 17.4 Å². The fourth-order valence-corrected chi connectivity index (χ4v) is 4.93. The fraction of sp³-hybridized carbons (Fsp3) is 0.250. The van der Waals surface area contributed by atoms with Crippen LogP contribution in [0.5, 0.6) is 0 Å². The minimum Gasteiger partial charge on any atom is -0.350 e. The summed E-state index contributed by atoms with van der Waals surface area (Å²) in [4.78, 5) is 28.8. The summed E-state index contributed by atoms with van der Waals surface area (Å²) in [6.07, 6.45) is 1.91. The lowest BCUT2D eigenvalue weighted by Gasteiger charge is -2.19. The topological polar surface area (TPSA) is 49.4 Å². The first-order chi connectivity index (χ1) is 14.5. The molecule has 0 aliphatic heterocycles. The van der Waals surface area contributed by atoms with Gasteiger partial charge in [0.1, 0.15) is 5.82 Å². The van der Waals surface area contributed by atoms with E-state index < -0.39 is 0 Å². The van der Waals surface area contributed by atoms with Gasteiger partial charge in [0.25, 0.3) is 5.91 Å². The molecule has 0 bridgehead atoms. The first-order valence-electron chi connectivity index (χ1n) is 10.1. The van der Waals surface area contributed by atoms with Crippen LogP contribution in [-0.2, 0) is 24.2 Å². The third-order valence-corrected chi connectivity index (χ3v) is 6.55. The summed E-state index contributed by atoms with van der Waals surface area (Å²) in [5.41, 5.74) is 4.55. The van der Waals surface area contributed by atoms with Crippen LogP contribution in [-0.4, -0.2) is 29.8 Å². The minimum absolute atomic E-state index is 0.00428. The highest BCUT2D eigenvalue weighted by molar-refractivity contribution is 7.17. The Kier molecular flexibility index (Phi) is 5.95. The summed E-state index contributed by atoms with van der Waals surface area (Å²) in [5.74, 6) is -0.665. The van der Waals surface area contributed by atoms with Gasteiger partial charge in [-0.3, -0.25) is 9.59 Å². The van der Waals surface area contributed by atoms with E-state index in [-0.39, 0.29) is 24.2 Å². The van der Waals surface area contributed by atoms with E-state index in [0.29, 0.717) is 18.0 Å². The van der Waals surface area contributed by atoms with Crippen LogP contribution >= 0.6 is 11.3 Å². The van der Waals surface area contributed by atoms with E-state index in [9.17, 15) is 14.0 Å². The molecule has 4 nitrogen and oxygen atoms in total. The number of carbonyl (C=O) groups is 2. The van der Waals surface area contributed by atoms with Gasteiger partial charge in [-0.2, -0.15) is 0 Å². The number of rotatable bonds is 6.